The summed E-state index contributed by atoms with van der Waals surface area (Å²) in [7, 11) is 1.66. The summed E-state index contributed by atoms with van der Waals surface area (Å²) in [5.74, 6) is 0.127. The van der Waals surface area contributed by atoms with Gasteiger partial charge in [-0.1, -0.05) is 0 Å². The van der Waals surface area contributed by atoms with Gasteiger partial charge in [-0.15, -0.1) is 0 Å². The van der Waals surface area contributed by atoms with Gasteiger partial charge in [-0.25, -0.2) is 0 Å². The molecule has 164 valence electrons. The van der Waals surface area contributed by atoms with Crippen LogP contribution >= 0.6 is 0 Å². The van der Waals surface area contributed by atoms with E-state index in [0.717, 1.165) is 53.1 Å². The number of benzene rings is 1. The van der Waals surface area contributed by atoms with Crippen LogP contribution in [0.2, 0.25) is 0 Å². The first-order valence-electron chi connectivity index (χ1n) is 11.1. The maximum atomic E-state index is 13.2. The van der Waals surface area contributed by atoms with Gasteiger partial charge in [0.15, 0.2) is 0 Å². The molecular formula is C24H30N4O3. The van der Waals surface area contributed by atoms with Crippen molar-refractivity contribution in [1.82, 2.24) is 15.2 Å². The molecule has 2 aromatic heterocycles. The van der Waals surface area contributed by atoms with Crippen LogP contribution in [0.3, 0.4) is 0 Å². The van der Waals surface area contributed by atoms with E-state index >= 15 is 0 Å². The lowest BCUT2D eigenvalue weighted by Gasteiger charge is -2.20. The number of amides is 1. The van der Waals surface area contributed by atoms with Crippen molar-refractivity contribution in [3.05, 3.63) is 34.5 Å². The Morgan fingerprint density at radius 1 is 1.16 bits per heavy atom. The molecule has 0 atom stereocenters. The highest BCUT2D eigenvalue weighted by atomic mass is 16.5. The molecule has 3 aromatic rings. The van der Waals surface area contributed by atoms with E-state index in [4.69, 9.17) is 9.47 Å². The molecule has 0 saturated heterocycles. The van der Waals surface area contributed by atoms with E-state index in [1.165, 1.54) is 16.5 Å². The lowest BCUT2D eigenvalue weighted by Crippen LogP contribution is -2.38. The zero-order valence-electron chi connectivity index (χ0n) is 18.7. The Morgan fingerprint density at radius 2 is 1.97 bits per heavy atom. The number of H-pyrrole nitrogens is 2. The molecule has 1 aliphatic carbocycles. The average Bonchev–Trinajstić information content (AvgIpc) is 3.29. The van der Waals surface area contributed by atoms with E-state index in [0.29, 0.717) is 26.4 Å². The fourth-order valence-corrected chi connectivity index (χ4v) is 5.06. The number of fused-ring (bicyclic) bond motifs is 6. The van der Waals surface area contributed by atoms with Gasteiger partial charge in [0.1, 0.15) is 5.69 Å². The normalized spacial score (nSPS) is 17.0. The van der Waals surface area contributed by atoms with Gasteiger partial charge in [0, 0.05) is 41.5 Å². The quantitative estimate of drug-likeness (QED) is 0.594. The maximum absolute atomic E-state index is 13.2. The van der Waals surface area contributed by atoms with Gasteiger partial charge in [-0.2, -0.15) is 5.10 Å². The standard InChI is InChI=1S/C24H30N4O3/c1-14-15-6-5-7-16-17-12-20-18(13-19(17)25-21(16)22(15)27-26-14)24(2,3)23(29)28(20)8-9-31-11-10-30-4/h12-13,25H,5-11H2,1-4H3,(H,26,27). The number of hydrogen-bond donors (Lipinski definition) is 2. The van der Waals surface area contributed by atoms with Crippen LogP contribution in [-0.4, -0.2) is 54.6 Å². The van der Waals surface area contributed by atoms with Gasteiger partial charge in [0.05, 0.1) is 30.9 Å². The number of ether oxygens (including phenoxy) is 2. The Bertz CT molecular complexity index is 1160. The molecule has 2 N–H and O–H groups in total. The van der Waals surface area contributed by atoms with Crippen LogP contribution in [0.15, 0.2) is 12.1 Å². The number of hydrogen-bond acceptors (Lipinski definition) is 4. The number of rotatable bonds is 6. The molecule has 0 saturated carbocycles. The first kappa shape index (κ1) is 20.3. The molecule has 3 heterocycles. The summed E-state index contributed by atoms with van der Waals surface area (Å²) in [5.41, 5.74) is 8.51. The van der Waals surface area contributed by atoms with Gasteiger partial charge >= 0.3 is 0 Å². The molecule has 0 spiro atoms. The van der Waals surface area contributed by atoms with Crippen molar-refractivity contribution >= 4 is 22.5 Å². The minimum Gasteiger partial charge on any atom is -0.382 e. The number of aromatic amines is 2. The molecular weight excluding hydrogens is 392 g/mol. The van der Waals surface area contributed by atoms with Crippen molar-refractivity contribution in [2.24, 2.45) is 0 Å². The van der Waals surface area contributed by atoms with Crippen molar-refractivity contribution in [3.63, 3.8) is 0 Å². The monoisotopic (exact) mass is 422 g/mol. The minimum absolute atomic E-state index is 0.127. The lowest BCUT2D eigenvalue weighted by molar-refractivity contribution is -0.122. The minimum atomic E-state index is -0.563. The fraction of sp³-hybridized carbons (Fsp3) is 0.500. The number of nitrogens with zero attached hydrogens (tertiary/aromatic N) is 2. The molecule has 31 heavy (non-hydrogen) atoms. The third kappa shape index (κ3) is 3.10. The molecule has 2 aliphatic rings. The SMILES string of the molecule is COCCOCCN1C(=O)C(C)(C)c2cc3[nH]c4c(c3cc21)CCCc1c-4n[nH]c1C. The molecule has 0 bridgehead atoms. The fourth-order valence-electron chi connectivity index (χ4n) is 5.06. The summed E-state index contributed by atoms with van der Waals surface area (Å²) in [6.07, 6.45) is 3.12. The molecule has 7 heteroatoms. The average molecular weight is 423 g/mol. The van der Waals surface area contributed by atoms with E-state index in [1.807, 2.05) is 18.7 Å². The second-order valence-electron chi connectivity index (χ2n) is 9.11. The second-order valence-corrected chi connectivity index (χ2v) is 9.11. The molecule has 0 unspecified atom stereocenters. The van der Waals surface area contributed by atoms with Gasteiger partial charge in [0.25, 0.3) is 0 Å². The van der Waals surface area contributed by atoms with E-state index in [1.54, 1.807) is 7.11 Å². The second kappa shape index (κ2) is 7.50. The molecule has 5 rings (SSSR count). The number of carbonyl (C=O) groups excluding carboxylic acids is 1. The lowest BCUT2D eigenvalue weighted by atomic mass is 9.85. The van der Waals surface area contributed by atoms with E-state index < -0.39 is 5.41 Å². The highest BCUT2D eigenvalue weighted by Crippen LogP contribution is 2.46. The van der Waals surface area contributed by atoms with Gasteiger partial charge in [-0.3, -0.25) is 9.89 Å². The molecule has 1 aromatic carbocycles. The highest BCUT2D eigenvalue weighted by Gasteiger charge is 2.44. The number of aromatic nitrogens is 3. The number of aryl methyl sites for hydroxylation is 2. The Balaban J connectivity index is 1.57. The van der Waals surface area contributed by atoms with Crippen LogP contribution in [0.5, 0.6) is 0 Å². The number of anilines is 1. The third-order valence-electron chi connectivity index (χ3n) is 6.82. The van der Waals surface area contributed by atoms with Crippen LogP contribution in [-0.2, 0) is 32.5 Å². The molecule has 7 nitrogen and oxygen atoms in total. The Kier molecular flexibility index (Phi) is 4.90. The molecule has 0 radical (unpaired) electrons. The van der Waals surface area contributed by atoms with Crippen molar-refractivity contribution < 1.29 is 14.3 Å². The summed E-state index contributed by atoms with van der Waals surface area (Å²) in [6.45, 7) is 8.23. The summed E-state index contributed by atoms with van der Waals surface area (Å²) in [4.78, 5) is 18.8. The first-order valence-corrected chi connectivity index (χ1v) is 11.1. The predicted molar refractivity (Wildman–Crippen MR) is 121 cm³/mol. The predicted octanol–water partition coefficient (Wildman–Crippen LogP) is 3.64. The van der Waals surface area contributed by atoms with Crippen LogP contribution in [0.1, 0.15) is 42.7 Å². The van der Waals surface area contributed by atoms with Crippen LogP contribution in [0.4, 0.5) is 5.69 Å². The number of methoxy groups -OCH3 is 1. The number of carbonyl (C=O) groups is 1. The smallest absolute Gasteiger partial charge is 0.237 e. The zero-order valence-corrected chi connectivity index (χ0v) is 18.7. The summed E-state index contributed by atoms with van der Waals surface area (Å²) in [5, 5.41) is 8.95. The summed E-state index contributed by atoms with van der Waals surface area (Å²) in [6, 6.07) is 4.37. The number of nitrogens with one attached hydrogen (secondary N) is 2. The van der Waals surface area contributed by atoms with Crippen molar-refractivity contribution in [2.45, 2.75) is 45.4 Å². The third-order valence-corrected chi connectivity index (χ3v) is 6.82. The Labute approximate surface area is 182 Å². The molecule has 0 fully saturated rings. The van der Waals surface area contributed by atoms with Gasteiger partial charge < -0.3 is 19.4 Å². The van der Waals surface area contributed by atoms with E-state index in [-0.39, 0.29) is 5.91 Å². The van der Waals surface area contributed by atoms with Crippen molar-refractivity contribution in [2.75, 3.05) is 38.4 Å². The molecule has 1 aliphatic heterocycles. The molecule has 1 amide bonds. The summed E-state index contributed by atoms with van der Waals surface area (Å²) < 4.78 is 10.7. The van der Waals surface area contributed by atoms with Crippen LogP contribution in [0, 0.1) is 6.92 Å². The highest BCUT2D eigenvalue weighted by molar-refractivity contribution is 6.10. The van der Waals surface area contributed by atoms with E-state index in [2.05, 4.69) is 34.2 Å². The van der Waals surface area contributed by atoms with Gasteiger partial charge in [-0.05, 0) is 63.3 Å². The van der Waals surface area contributed by atoms with E-state index in [9.17, 15) is 4.79 Å². The topological polar surface area (TPSA) is 83.2 Å². The largest absolute Gasteiger partial charge is 0.382 e. The van der Waals surface area contributed by atoms with Crippen molar-refractivity contribution in [3.8, 4) is 11.4 Å². The summed E-state index contributed by atoms with van der Waals surface area (Å²) >= 11 is 0. The van der Waals surface area contributed by atoms with Gasteiger partial charge in [0.2, 0.25) is 5.91 Å². The maximum Gasteiger partial charge on any atom is 0.237 e. The Hall–Kier alpha value is -2.64. The van der Waals surface area contributed by atoms with Crippen molar-refractivity contribution in [1.29, 1.82) is 0 Å². The van der Waals surface area contributed by atoms with Crippen LogP contribution < -0.4 is 4.90 Å². The first-order chi connectivity index (χ1) is 14.9. The Morgan fingerprint density at radius 3 is 2.77 bits per heavy atom. The van der Waals surface area contributed by atoms with Crippen LogP contribution in [0.25, 0.3) is 22.3 Å². The zero-order chi connectivity index (χ0) is 21.8.